The Morgan fingerprint density at radius 2 is 1.85 bits per heavy atom. The van der Waals surface area contributed by atoms with Crippen molar-refractivity contribution in [3.63, 3.8) is 0 Å². The van der Waals surface area contributed by atoms with Crippen LogP contribution in [-0.4, -0.2) is 11.9 Å². The molecular formula is C16H18N2O2. The predicted octanol–water partition coefficient (Wildman–Crippen LogP) is 3.15. The van der Waals surface area contributed by atoms with Crippen LogP contribution in [0, 0.1) is 0 Å². The zero-order valence-electron chi connectivity index (χ0n) is 11.4. The van der Waals surface area contributed by atoms with E-state index < -0.39 is 6.04 Å². The molecule has 0 spiro atoms. The summed E-state index contributed by atoms with van der Waals surface area (Å²) in [6.07, 6.45) is 0.603. The highest BCUT2D eigenvalue weighted by Gasteiger charge is 2.11. The van der Waals surface area contributed by atoms with E-state index >= 15 is 0 Å². The molecule has 4 heteroatoms. The number of carbonyl (C=O) groups is 1. The van der Waals surface area contributed by atoms with Gasteiger partial charge in [0.05, 0.1) is 6.04 Å². The van der Waals surface area contributed by atoms with E-state index in [4.69, 9.17) is 10.5 Å². The maximum atomic E-state index is 11.7. The van der Waals surface area contributed by atoms with Gasteiger partial charge in [0.25, 0.3) is 0 Å². The molecular weight excluding hydrogens is 252 g/mol. The van der Waals surface area contributed by atoms with Crippen molar-refractivity contribution in [2.24, 2.45) is 5.73 Å². The minimum Gasteiger partial charge on any atom is -0.457 e. The van der Waals surface area contributed by atoms with Gasteiger partial charge in [0.2, 0.25) is 5.91 Å². The standard InChI is InChI=1S/C16H18N2O2/c1-2-15(17)16(19)18-12-7-6-10-14(11-12)20-13-8-4-3-5-9-13/h3-11,15H,2,17H2,1H3,(H,18,19)/t15-/m0/s1. The first-order valence-corrected chi connectivity index (χ1v) is 6.58. The Morgan fingerprint density at radius 1 is 1.15 bits per heavy atom. The highest BCUT2D eigenvalue weighted by atomic mass is 16.5. The molecule has 1 atom stereocenters. The zero-order chi connectivity index (χ0) is 14.4. The maximum absolute atomic E-state index is 11.7. The van der Waals surface area contributed by atoms with E-state index in [9.17, 15) is 4.79 Å². The van der Waals surface area contributed by atoms with Gasteiger partial charge in [-0.2, -0.15) is 0 Å². The number of ether oxygens (including phenoxy) is 1. The van der Waals surface area contributed by atoms with Gasteiger partial charge in [-0.25, -0.2) is 0 Å². The van der Waals surface area contributed by atoms with Crippen molar-refractivity contribution in [2.45, 2.75) is 19.4 Å². The molecule has 0 saturated heterocycles. The fourth-order valence-electron chi connectivity index (χ4n) is 1.68. The molecule has 2 aromatic rings. The molecule has 2 rings (SSSR count). The van der Waals surface area contributed by atoms with Gasteiger partial charge in [-0.15, -0.1) is 0 Å². The summed E-state index contributed by atoms with van der Waals surface area (Å²) in [4.78, 5) is 11.7. The topological polar surface area (TPSA) is 64.4 Å². The first-order chi connectivity index (χ1) is 9.69. The van der Waals surface area contributed by atoms with Crippen molar-refractivity contribution in [3.05, 3.63) is 54.6 Å². The number of rotatable bonds is 5. The van der Waals surface area contributed by atoms with Gasteiger partial charge in [-0.3, -0.25) is 4.79 Å². The maximum Gasteiger partial charge on any atom is 0.241 e. The summed E-state index contributed by atoms with van der Waals surface area (Å²) in [6.45, 7) is 1.87. The molecule has 104 valence electrons. The second-order valence-corrected chi connectivity index (χ2v) is 4.45. The summed E-state index contributed by atoms with van der Waals surface area (Å²) in [5.41, 5.74) is 6.36. The number of nitrogens with one attached hydrogen (secondary N) is 1. The van der Waals surface area contributed by atoms with Crippen molar-refractivity contribution < 1.29 is 9.53 Å². The average Bonchev–Trinajstić information content (AvgIpc) is 2.47. The smallest absolute Gasteiger partial charge is 0.241 e. The molecule has 4 nitrogen and oxygen atoms in total. The van der Waals surface area contributed by atoms with Crippen LogP contribution < -0.4 is 15.8 Å². The molecule has 20 heavy (non-hydrogen) atoms. The molecule has 0 radical (unpaired) electrons. The first-order valence-electron chi connectivity index (χ1n) is 6.58. The van der Waals surface area contributed by atoms with Crippen molar-refractivity contribution in [1.29, 1.82) is 0 Å². The highest BCUT2D eigenvalue weighted by molar-refractivity contribution is 5.94. The minimum absolute atomic E-state index is 0.190. The van der Waals surface area contributed by atoms with Gasteiger partial charge in [-0.1, -0.05) is 31.2 Å². The van der Waals surface area contributed by atoms with Crippen LogP contribution in [0.4, 0.5) is 5.69 Å². The van der Waals surface area contributed by atoms with E-state index in [-0.39, 0.29) is 5.91 Å². The van der Waals surface area contributed by atoms with Crippen LogP contribution in [-0.2, 0) is 4.79 Å². The number of hydrogen-bond donors (Lipinski definition) is 2. The van der Waals surface area contributed by atoms with Crippen LogP contribution in [0.2, 0.25) is 0 Å². The largest absolute Gasteiger partial charge is 0.457 e. The lowest BCUT2D eigenvalue weighted by atomic mass is 10.2. The van der Waals surface area contributed by atoms with Crippen LogP contribution in [0.3, 0.4) is 0 Å². The fraction of sp³-hybridized carbons (Fsp3) is 0.188. The zero-order valence-corrected chi connectivity index (χ0v) is 11.4. The summed E-state index contributed by atoms with van der Waals surface area (Å²) >= 11 is 0. The minimum atomic E-state index is -0.492. The fourth-order valence-corrected chi connectivity index (χ4v) is 1.68. The van der Waals surface area contributed by atoms with E-state index in [0.717, 1.165) is 5.75 Å². The van der Waals surface area contributed by atoms with Crippen LogP contribution >= 0.6 is 0 Å². The molecule has 0 bridgehead atoms. The number of anilines is 1. The van der Waals surface area contributed by atoms with E-state index in [0.29, 0.717) is 17.9 Å². The van der Waals surface area contributed by atoms with Crippen LogP contribution in [0.1, 0.15) is 13.3 Å². The Morgan fingerprint density at radius 3 is 2.55 bits per heavy atom. The molecule has 0 aromatic heterocycles. The number of nitrogens with two attached hydrogens (primary N) is 1. The third-order valence-corrected chi connectivity index (χ3v) is 2.86. The lowest BCUT2D eigenvalue weighted by molar-refractivity contribution is -0.117. The molecule has 0 saturated carbocycles. The lowest BCUT2D eigenvalue weighted by Crippen LogP contribution is -2.34. The van der Waals surface area contributed by atoms with Crippen molar-refractivity contribution >= 4 is 11.6 Å². The van der Waals surface area contributed by atoms with E-state index in [1.807, 2.05) is 49.4 Å². The van der Waals surface area contributed by atoms with E-state index in [2.05, 4.69) is 5.32 Å². The molecule has 0 fully saturated rings. The van der Waals surface area contributed by atoms with Crippen LogP contribution in [0.15, 0.2) is 54.6 Å². The quantitative estimate of drug-likeness (QED) is 0.877. The SMILES string of the molecule is CC[C@H](N)C(=O)Nc1cccc(Oc2ccccc2)c1. The van der Waals surface area contributed by atoms with Crippen molar-refractivity contribution in [3.8, 4) is 11.5 Å². The lowest BCUT2D eigenvalue weighted by Gasteiger charge is -2.11. The van der Waals surface area contributed by atoms with E-state index in [1.165, 1.54) is 0 Å². The first kappa shape index (κ1) is 14.1. The number of carbonyl (C=O) groups excluding carboxylic acids is 1. The monoisotopic (exact) mass is 270 g/mol. The molecule has 1 amide bonds. The highest BCUT2D eigenvalue weighted by Crippen LogP contribution is 2.23. The molecule has 0 aliphatic carbocycles. The predicted molar refractivity (Wildman–Crippen MR) is 79.9 cm³/mol. The third kappa shape index (κ3) is 3.83. The number of benzene rings is 2. The van der Waals surface area contributed by atoms with Gasteiger partial charge >= 0.3 is 0 Å². The van der Waals surface area contributed by atoms with Gasteiger partial charge in [-0.05, 0) is 30.7 Å². The average molecular weight is 270 g/mol. The summed E-state index contributed by atoms with van der Waals surface area (Å²) in [6, 6.07) is 16.2. The molecule has 0 aliphatic rings. The van der Waals surface area contributed by atoms with Gasteiger partial charge in [0.15, 0.2) is 0 Å². The Balaban J connectivity index is 2.06. The Bertz CT molecular complexity index is 570. The number of hydrogen-bond acceptors (Lipinski definition) is 3. The van der Waals surface area contributed by atoms with Gasteiger partial charge < -0.3 is 15.8 Å². The Kier molecular flexibility index (Phi) is 4.74. The van der Waals surface area contributed by atoms with Gasteiger partial charge in [0.1, 0.15) is 11.5 Å². The number of para-hydroxylation sites is 1. The Hall–Kier alpha value is -2.33. The molecule has 3 N–H and O–H groups in total. The van der Waals surface area contributed by atoms with E-state index in [1.54, 1.807) is 12.1 Å². The second-order valence-electron chi connectivity index (χ2n) is 4.45. The van der Waals surface area contributed by atoms with Crippen LogP contribution in [0.25, 0.3) is 0 Å². The second kappa shape index (κ2) is 6.73. The summed E-state index contributed by atoms with van der Waals surface area (Å²) in [5, 5.41) is 2.77. The molecule has 0 aliphatic heterocycles. The van der Waals surface area contributed by atoms with Crippen molar-refractivity contribution in [2.75, 3.05) is 5.32 Å². The summed E-state index contributed by atoms with van der Waals surface area (Å²) in [7, 11) is 0. The molecule has 0 unspecified atom stereocenters. The third-order valence-electron chi connectivity index (χ3n) is 2.86. The van der Waals surface area contributed by atoms with Crippen molar-refractivity contribution in [1.82, 2.24) is 0 Å². The summed E-state index contributed by atoms with van der Waals surface area (Å²) < 4.78 is 5.70. The molecule has 0 heterocycles. The normalized spacial score (nSPS) is 11.7. The van der Waals surface area contributed by atoms with Crippen LogP contribution in [0.5, 0.6) is 11.5 Å². The Labute approximate surface area is 118 Å². The molecule has 2 aromatic carbocycles. The number of amides is 1. The summed E-state index contributed by atoms with van der Waals surface area (Å²) in [5.74, 6) is 1.23. The van der Waals surface area contributed by atoms with Gasteiger partial charge in [0, 0.05) is 11.8 Å².